The zero-order valence-corrected chi connectivity index (χ0v) is 12.3. The van der Waals surface area contributed by atoms with Crippen LogP contribution in [0.25, 0.3) is 0 Å². The highest BCUT2D eigenvalue weighted by molar-refractivity contribution is 5.27. The first-order valence-electron chi connectivity index (χ1n) is 6.93. The van der Waals surface area contributed by atoms with E-state index in [0.717, 1.165) is 12.2 Å². The van der Waals surface area contributed by atoms with Crippen LogP contribution in [-0.4, -0.2) is 40.9 Å². The van der Waals surface area contributed by atoms with Crippen LogP contribution in [0.2, 0.25) is 0 Å². The van der Waals surface area contributed by atoms with Crippen molar-refractivity contribution in [1.29, 1.82) is 0 Å². The van der Waals surface area contributed by atoms with Crippen LogP contribution < -0.4 is 5.32 Å². The maximum absolute atomic E-state index is 4.51. The predicted molar refractivity (Wildman–Crippen MR) is 74.8 cm³/mol. The molecule has 2 unspecified atom stereocenters. The summed E-state index contributed by atoms with van der Waals surface area (Å²) in [7, 11) is 4.23. The molecule has 2 atom stereocenters. The lowest BCUT2D eigenvalue weighted by Gasteiger charge is -2.32. The number of likely N-dealkylation sites (N-methyl/N-ethyl adjacent to an activating group) is 1. The van der Waals surface area contributed by atoms with E-state index in [1.165, 1.54) is 30.6 Å². The van der Waals surface area contributed by atoms with Crippen LogP contribution in [0.5, 0.6) is 0 Å². The number of hydrogen-bond acceptors (Lipinski definition) is 3. The Balaban J connectivity index is 2.05. The quantitative estimate of drug-likeness (QED) is 0.888. The number of likely N-dealkylation sites (tertiary alicyclic amines) is 1. The Kier molecular flexibility index (Phi) is 4.07. The van der Waals surface area contributed by atoms with Gasteiger partial charge in [-0.3, -0.25) is 4.68 Å². The number of aromatic nitrogens is 2. The third-order valence-corrected chi connectivity index (χ3v) is 4.11. The van der Waals surface area contributed by atoms with Crippen molar-refractivity contribution in [3.63, 3.8) is 0 Å². The monoisotopic (exact) mass is 250 g/mol. The zero-order valence-electron chi connectivity index (χ0n) is 12.3. The van der Waals surface area contributed by atoms with Crippen LogP contribution in [0, 0.1) is 13.8 Å². The second kappa shape index (κ2) is 5.41. The molecule has 0 radical (unpaired) electrons. The maximum Gasteiger partial charge on any atom is 0.0644 e. The van der Waals surface area contributed by atoms with Gasteiger partial charge in [-0.05, 0) is 47.2 Å². The first-order valence-corrected chi connectivity index (χ1v) is 6.93. The number of hydrogen-bond donors (Lipinski definition) is 1. The lowest BCUT2D eigenvalue weighted by Crippen LogP contribution is -2.44. The van der Waals surface area contributed by atoms with Crippen molar-refractivity contribution in [2.24, 2.45) is 7.05 Å². The Morgan fingerprint density at radius 2 is 2.06 bits per heavy atom. The molecule has 0 aromatic carbocycles. The van der Waals surface area contributed by atoms with Crippen molar-refractivity contribution in [2.45, 2.75) is 45.7 Å². The second-order valence-corrected chi connectivity index (χ2v) is 5.70. The largest absolute Gasteiger partial charge is 0.306 e. The average Bonchev–Trinajstić information content (AvgIpc) is 2.53. The van der Waals surface area contributed by atoms with E-state index in [1.807, 2.05) is 11.7 Å². The molecule has 1 aromatic rings. The zero-order chi connectivity index (χ0) is 13.3. The highest BCUT2D eigenvalue weighted by atomic mass is 15.3. The molecule has 18 heavy (non-hydrogen) atoms. The number of nitrogens with one attached hydrogen (secondary N) is 1. The molecule has 2 heterocycles. The summed E-state index contributed by atoms with van der Waals surface area (Å²) < 4.78 is 1.98. The molecule has 0 spiro atoms. The molecule has 102 valence electrons. The van der Waals surface area contributed by atoms with Crippen molar-refractivity contribution in [3.8, 4) is 0 Å². The molecule has 1 aromatic heterocycles. The minimum absolute atomic E-state index is 0.384. The molecule has 1 fully saturated rings. The van der Waals surface area contributed by atoms with Gasteiger partial charge in [-0.25, -0.2) is 0 Å². The van der Waals surface area contributed by atoms with E-state index in [2.05, 4.69) is 43.1 Å². The van der Waals surface area contributed by atoms with Crippen LogP contribution in [0.15, 0.2) is 0 Å². The molecule has 1 N–H and O–H groups in total. The van der Waals surface area contributed by atoms with Crippen LogP contribution in [-0.2, 0) is 7.05 Å². The van der Waals surface area contributed by atoms with E-state index >= 15 is 0 Å². The van der Waals surface area contributed by atoms with Crippen LogP contribution >= 0.6 is 0 Å². The van der Waals surface area contributed by atoms with Crippen molar-refractivity contribution in [3.05, 3.63) is 17.0 Å². The fourth-order valence-corrected chi connectivity index (χ4v) is 3.16. The van der Waals surface area contributed by atoms with Gasteiger partial charge < -0.3 is 10.2 Å². The van der Waals surface area contributed by atoms with Gasteiger partial charge in [0.15, 0.2) is 0 Å². The van der Waals surface area contributed by atoms with Gasteiger partial charge in [-0.15, -0.1) is 0 Å². The van der Waals surface area contributed by atoms with Crippen molar-refractivity contribution >= 4 is 0 Å². The van der Waals surface area contributed by atoms with E-state index in [-0.39, 0.29) is 0 Å². The standard InChI is InChI=1S/C14H26N4/c1-10(14-11(2)16-18(5)12(14)3)15-13-7-6-8-17(4)9-13/h10,13,15H,6-9H2,1-5H3. The van der Waals surface area contributed by atoms with Gasteiger partial charge in [0.2, 0.25) is 0 Å². The molecular formula is C14H26N4. The number of aryl methyl sites for hydroxylation is 2. The minimum atomic E-state index is 0.384. The molecular weight excluding hydrogens is 224 g/mol. The lowest BCUT2D eigenvalue weighted by molar-refractivity contribution is 0.218. The first kappa shape index (κ1) is 13.6. The van der Waals surface area contributed by atoms with Gasteiger partial charge >= 0.3 is 0 Å². The van der Waals surface area contributed by atoms with Crippen molar-refractivity contribution in [1.82, 2.24) is 20.0 Å². The van der Waals surface area contributed by atoms with Gasteiger partial charge in [-0.2, -0.15) is 5.10 Å². The highest BCUT2D eigenvalue weighted by Gasteiger charge is 2.22. The Bertz CT molecular complexity index is 410. The fourth-order valence-electron chi connectivity index (χ4n) is 3.16. The fraction of sp³-hybridized carbons (Fsp3) is 0.786. The molecule has 2 rings (SSSR count). The van der Waals surface area contributed by atoms with Gasteiger partial charge in [0, 0.05) is 36.9 Å². The van der Waals surface area contributed by atoms with E-state index < -0.39 is 0 Å². The molecule has 1 aliphatic rings. The lowest BCUT2D eigenvalue weighted by atomic mass is 10.0. The Labute approximate surface area is 110 Å². The van der Waals surface area contributed by atoms with E-state index in [4.69, 9.17) is 0 Å². The maximum atomic E-state index is 4.51. The normalized spacial score (nSPS) is 23.3. The molecule has 4 nitrogen and oxygen atoms in total. The number of nitrogens with zero attached hydrogens (tertiary/aromatic N) is 3. The van der Waals surface area contributed by atoms with Crippen LogP contribution in [0.3, 0.4) is 0 Å². The van der Waals surface area contributed by atoms with E-state index in [1.54, 1.807) is 0 Å². The molecule has 0 bridgehead atoms. The summed E-state index contributed by atoms with van der Waals surface area (Å²) in [6, 6.07) is 0.993. The molecule has 1 saturated heterocycles. The Morgan fingerprint density at radius 1 is 1.33 bits per heavy atom. The summed E-state index contributed by atoms with van der Waals surface area (Å²) in [4.78, 5) is 2.41. The topological polar surface area (TPSA) is 33.1 Å². The predicted octanol–water partition coefficient (Wildman–Crippen LogP) is 1.78. The number of piperidine rings is 1. The van der Waals surface area contributed by atoms with Gasteiger partial charge in [0.25, 0.3) is 0 Å². The SMILES string of the molecule is Cc1nn(C)c(C)c1C(C)NC1CCCN(C)C1. The van der Waals surface area contributed by atoms with Gasteiger partial charge in [0.05, 0.1) is 5.69 Å². The van der Waals surface area contributed by atoms with Crippen LogP contribution in [0.1, 0.15) is 42.8 Å². The molecule has 4 heteroatoms. The van der Waals surface area contributed by atoms with E-state index in [0.29, 0.717) is 12.1 Å². The third-order valence-electron chi connectivity index (χ3n) is 4.11. The van der Waals surface area contributed by atoms with Crippen LogP contribution in [0.4, 0.5) is 0 Å². The summed E-state index contributed by atoms with van der Waals surface area (Å²) in [5, 5.41) is 8.27. The summed E-state index contributed by atoms with van der Waals surface area (Å²) in [6.45, 7) is 8.90. The highest BCUT2D eigenvalue weighted by Crippen LogP contribution is 2.22. The Hall–Kier alpha value is -0.870. The van der Waals surface area contributed by atoms with E-state index in [9.17, 15) is 0 Å². The van der Waals surface area contributed by atoms with Crippen molar-refractivity contribution in [2.75, 3.05) is 20.1 Å². The molecule has 0 amide bonds. The summed E-state index contributed by atoms with van der Waals surface area (Å²) in [5.74, 6) is 0. The molecule has 0 saturated carbocycles. The summed E-state index contributed by atoms with van der Waals surface area (Å²) in [6.07, 6.45) is 2.58. The second-order valence-electron chi connectivity index (χ2n) is 5.70. The number of rotatable bonds is 3. The summed E-state index contributed by atoms with van der Waals surface area (Å²) in [5.41, 5.74) is 3.79. The Morgan fingerprint density at radius 3 is 2.61 bits per heavy atom. The van der Waals surface area contributed by atoms with Crippen molar-refractivity contribution < 1.29 is 0 Å². The first-order chi connectivity index (χ1) is 8.49. The average molecular weight is 250 g/mol. The third kappa shape index (κ3) is 2.75. The molecule has 0 aliphatic carbocycles. The van der Waals surface area contributed by atoms with Gasteiger partial charge in [0.1, 0.15) is 0 Å². The van der Waals surface area contributed by atoms with Gasteiger partial charge in [-0.1, -0.05) is 0 Å². The molecule has 1 aliphatic heterocycles. The summed E-state index contributed by atoms with van der Waals surface area (Å²) >= 11 is 0. The minimum Gasteiger partial charge on any atom is -0.306 e. The smallest absolute Gasteiger partial charge is 0.0644 e.